The van der Waals surface area contributed by atoms with E-state index >= 15 is 0 Å². The Bertz CT molecular complexity index is 961. The first-order chi connectivity index (χ1) is 14.0. The quantitative estimate of drug-likeness (QED) is 0.845. The van der Waals surface area contributed by atoms with E-state index in [1.54, 1.807) is 17.0 Å². The van der Waals surface area contributed by atoms with Crippen molar-refractivity contribution in [2.24, 2.45) is 0 Å². The SMILES string of the molecule is CN1CCc2nc(C3CCCN(C(=O)COc4ccccc4F)C3)[nH]c(=O)c2C1. The number of benzene rings is 1. The van der Waals surface area contributed by atoms with Crippen LogP contribution in [0.2, 0.25) is 0 Å². The molecular formula is C21H25FN4O3. The smallest absolute Gasteiger partial charge is 0.260 e. The monoisotopic (exact) mass is 400 g/mol. The second kappa shape index (κ2) is 8.32. The zero-order chi connectivity index (χ0) is 20.4. The summed E-state index contributed by atoms with van der Waals surface area (Å²) < 4.78 is 19.0. The number of nitrogens with one attached hydrogen (secondary N) is 1. The fraction of sp³-hybridized carbons (Fsp3) is 0.476. The fourth-order valence-electron chi connectivity index (χ4n) is 3.99. The Labute approximate surface area is 168 Å². The summed E-state index contributed by atoms with van der Waals surface area (Å²) in [6.07, 6.45) is 2.44. The number of carbonyl (C=O) groups is 1. The average molecular weight is 400 g/mol. The average Bonchev–Trinajstić information content (AvgIpc) is 2.73. The molecule has 3 heterocycles. The van der Waals surface area contributed by atoms with Crippen molar-refractivity contribution in [3.8, 4) is 5.75 Å². The number of nitrogens with zero attached hydrogens (tertiary/aromatic N) is 3. The number of aromatic amines is 1. The van der Waals surface area contributed by atoms with Crippen LogP contribution >= 0.6 is 0 Å². The number of para-hydroxylation sites is 1. The van der Waals surface area contributed by atoms with Crippen LogP contribution in [0.5, 0.6) is 5.75 Å². The number of carbonyl (C=O) groups excluding carboxylic acids is 1. The number of likely N-dealkylation sites (N-methyl/N-ethyl adjacent to an activating group) is 1. The highest BCUT2D eigenvalue weighted by Gasteiger charge is 2.28. The molecule has 1 saturated heterocycles. The van der Waals surface area contributed by atoms with Crippen molar-refractivity contribution < 1.29 is 13.9 Å². The van der Waals surface area contributed by atoms with Gasteiger partial charge in [0.15, 0.2) is 18.2 Å². The minimum absolute atomic E-state index is 0.0150. The Balaban J connectivity index is 1.43. The maximum atomic E-state index is 13.7. The van der Waals surface area contributed by atoms with Gasteiger partial charge < -0.3 is 19.5 Å². The van der Waals surface area contributed by atoms with Crippen LogP contribution in [0.25, 0.3) is 0 Å². The van der Waals surface area contributed by atoms with Crippen LogP contribution < -0.4 is 10.3 Å². The number of H-pyrrole nitrogens is 1. The number of ether oxygens (including phenoxy) is 1. The number of hydrogen-bond donors (Lipinski definition) is 1. The number of piperidine rings is 1. The standard InChI is InChI=1S/C21H25FN4O3/c1-25-10-8-17-15(12-25)21(28)24-20(23-17)14-5-4-9-26(11-14)19(27)13-29-18-7-3-2-6-16(18)22/h2-3,6-7,14H,4-5,8-13H2,1H3,(H,23,24,28). The van der Waals surface area contributed by atoms with Gasteiger partial charge in [-0.2, -0.15) is 0 Å². The largest absolute Gasteiger partial charge is 0.481 e. The topological polar surface area (TPSA) is 78.5 Å². The van der Waals surface area contributed by atoms with Gasteiger partial charge in [0.25, 0.3) is 11.5 Å². The Morgan fingerprint density at radius 3 is 3.00 bits per heavy atom. The van der Waals surface area contributed by atoms with Gasteiger partial charge in [-0.1, -0.05) is 12.1 Å². The minimum Gasteiger partial charge on any atom is -0.481 e. The van der Waals surface area contributed by atoms with Crippen molar-refractivity contribution in [1.29, 1.82) is 0 Å². The molecule has 1 atom stereocenters. The molecule has 4 rings (SSSR count). The van der Waals surface area contributed by atoms with E-state index in [0.29, 0.717) is 25.5 Å². The first-order valence-corrected chi connectivity index (χ1v) is 9.97. The van der Waals surface area contributed by atoms with Crippen LogP contribution in [0.3, 0.4) is 0 Å². The molecule has 1 unspecified atom stereocenters. The Morgan fingerprint density at radius 2 is 2.17 bits per heavy atom. The molecule has 0 saturated carbocycles. The third-order valence-electron chi connectivity index (χ3n) is 5.63. The van der Waals surface area contributed by atoms with E-state index < -0.39 is 5.82 Å². The van der Waals surface area contributed by atoms with Gasteiger partial charge in [0.05, 0.1) is 11.3 Å². The molecule has 2 aromatic rings. The first-order valence-electron chi connectivity index (χ1n) is 9.97. The third kappa shape index (κ3) is 4.32. The van der Waals surface area contributed by atoms with Gasteiger partial charge in [-0.15, -0.1) is 0 Å². The normalized spacial score (nSPS) is 19.7. The van der Waals surface area contributed by atoms with Crippen molar-refractivity contribution in [2.45, 2.75) is 31.7 Å². The summed E-state index contributed by atoms with van der Waals surface area (Å²) in [5.74, 6) is 0.0305. The highest BCUT2D eigenvalue weighted by Crippen LogP contribution is 2.25. The Morgan fingerprint density at radius 1 is 1.34 bits per heavy atom. The van der Waals surface area contributed by atoms with Gasteiger partial charge in [-0.25, -0.2) is 9.37 Å². The number of aromatic nitrogens is 2. The molecule has 0 bridgehead atoms. The second-order valence-electron chi connectivity index (χ2n) is 7.76. The number of rotatable bonds is 4. The lowest BCUT2D eigenvalue weighted by Gasteiger charge is -2.33. The molecule has 0 radical (unpaired) electrons. The van der Waals surface area contributed by atoms with E-state index in [0.717, 1.165) is 37.1 Å². The van der Waals surface area contributed by atoms with Crippen molar-refractivity contribution in [3.63, 3.8) is 0 Å². The zero-order valence-corrected chi connectivity index (χ0v) is 16.5. The number of amides is 1. The molecule has 1 aromatic carbocycles. The Kier molecular flexibility index (Phi) is 5.62. The molecule has 29 heavy (non-hydrogen) atoms. The van der Waals surface area contributed by atoms with Crippen molar-refractivity contribution >= 4 is 5.91 Å². The summed E-state index contributed by atoms with van der Waals surface area (Å²) in [7, 11) is 1.99. The van der Waals surface area contributed by atoms with E-state index in [9.17, 15) is 14.0 Å². The van der Waals surface area contributed by atoms with E-state index in [1.165, 1.54) is 12.1 Å². The highest BCUT2D eigenvalue weighted by molar-refractivity contribution is 5.78. The lowest BCUT2D eigenvalue weighted by atomic mass is 9.96. The number of likely N-dealkylation sites (tertiary alicyclic amines) is 1. The molecule has 1 amide bonds. The predicted molar refractivity (Wildman–Crippen MR) is 105 cm³/mol. The molecule has 154 valence electrons. The zero-order valence-electron chi connectivity index (χ0n) is 16.5. The van der Waals surface area contributed by atoms with E-state index in [-0.39, 0.29) is 29.7 Å². The van der Waals surface area contributed by atoms with Crippen molar-refractivity contribution in [3.05, 3.63) is 57.5 Å². The maximum absolute atomic E-state index is 13.7. The molecule has 8 heteroatoms. The minimum atomic E-state index is -0.488. The number of fused-ring (bicyclic) bond motifs is 1. The van der Waals surface area contributed by atoms with E-state index in [4.69, 9.17) is 9.72 Å². The highest BCUT2D eigenvalue weighted by atomic mass is 19.1. The first kappa shape index (κ1) is 19.6. The van der Waals surface area contributed by atoms with Gasteiger partial charge in [-0.05, 0) is 32.0 Å². The molecule has 0 aliphatic carbocycles. The molecule has 1 aromatic heterocycles. The van der Waals surface area contributed by atoms with Crippen LogP contribution in [0.15, 0.2) is 29.1 Å². The lowest BCUT2D eigenvalue weighted by molar-refractivity contribution is -0.134. The molecule has 0 spiro atoms. The predicted octanol–water partition coefficient (Wildman–Crippen LogP) is 1.68. The van der Waals surface area contributed by atoms with Gasteiger partial charge >= 0.3 is 0 Å². The van der Waals surface area contributed by atoms with Crippen molar-refractivity contribution in [2.75, 3.05) is 33.3 Å². The number of hydrogen-bond acceptors (Lipinski definition) is 5. The van der Waals surface area contributed by atoms with Gasteiger partial charge in [0.1, 0.15) is 5.82 Å². The van der Waals surface area contributed by atoms with Crippen LogP contribution in [0.1, 0.15) is 35.8 Å². The number of halogens is 1. The van der Waals surface area contributed by atoms with E-state index in [1.807, 2.05) is 7.05 Å². The third-order valence-corrected chi connectivity index (χ3v) is 5.63. The van der Waals surface area contributed by atoms with Gasteiger partial charge in [0, 0.05) is 38.5 Å². The summed E-state index contributed by atoms with van der Waals surface area (Å²) in [5.41, 5.74) is 1.53. The summed E-state index contributed by atoms with van der Waals surface area (Å²) in [5, 5.41) is 0. The lowest BCUT2D eigenvalue weighted by Crippen LogP contribution is -2.42. The van der Waals surface area contributed by atoms with Crippen LogP contribution in [-0.4, -0.2) is 59.0 Å². The Hall–Kier alpha value is -2.74. The van der Waals surface area contributed by atoms with Gasteiger partial charge in [-0.3, -0.25) is 9.59 Å². The van der Waals surface area contributed by atoms with Crippen molar-refractivity contribution in [1.82, 2.24) is 19.8 Å². The van der Waals surface area contributed by atoms with Gasteiger partial charge in [0.2, 0.25) is 0 Å². The summed E-state index contributed by atoms with van der Waals surface area (Å²) in [6.45, 7) is 2.37. The molecule has 2 aliphatic rings. The molecule has 1 fully saturated rings. The molecule has 1 N–H and O–H groups in total. The second-order valence-corrected chi connectivity index (χ2v) is 7.76. The van der Waals surface area contributed by atoms with Crippen LogP contribution in [0, 0.1) is 5.82 Å². The maximum Gasteiger partial charge on any atom is 0.260 e. The van der Waals surface area contributed by atoms with Crippen LogP contribution in [0.4, 0.5) is 4.39 Å². The summed E-state index contributed by atoms with van der Waals surface area (Å²) in [6, 6.07) is 6.03. The molecular weight excluding hydrogens is 375 g/mol. The summed E-state index contributed by atoms with van der Waals surface area (Å²) in [4.78, 5) is 36.6. The molecule has 2 aliphatic heterocycles. The van der Waals surface area contributed by atoms with E-state index in [2.05, 4.69) is 9.88 Å². The fourth-order valence-corrected chi connectivity index (χ4v) is 3.99. The molecule has 7 nitrogen and oxygen atoms in total. The summed E-state index contributed by atoms with van der Waals surface area (Å²) >= 11 is 0. The van der Waals surface area contributed by atoms with Crippen LogP contribution in [-0.2, 0) is 17.8 Å².